The van der Waals surface area contributed by atoms with E-state index in [4.69, 9.17) is 5.26 Å². The third kappa shape index (κ3) is 2.96. The van der Waals surface area contributed by atoms with E-state index >= 15 is 0 Å². The molecule has 0 aromatic carbocycles. The monoisotopic (exact) mass is 210 g/mol. The van der Waals surface area contributed by atoms with Gasteiger partial charge >= 0.3 is 0 Å². The predicted octanol–water partition coefficient (Wildman–Crippen LogP) is 1.84. The molecule has 0 atom stereocenters. The van der Waals surface area contributed by atoms with Crippen molar-refractivity contribution in [2.75, 3.05) is 18.5 Å². The maximum Gasteiger partial charge on any atom is 0.204 e. The van der Waals surface area contributed by atoms with Crippen LogP contribution in [-0.4, -0.2) is 22.9 Å². The van der Waals surface area contributed by atoms with Crippen LogP contribution in [-0.2, 0) is 6.42 Å². The molecule has 1 aromatic heterocycles. The molecule has 0 aliphatic heterocycles. The highest BCUT2D eigenvalue weighted by molar-refractivity contribution is 7.09. The van der Waals surface area contributed by atoms with E-state index in [0.29, 0.717) is 6.42 Å². The van der Waals surface area contributed by atoms with Gasteiger partial charge in [0.15, 0.2) is 0 Å². The first-order valence-electron chi connectivity index (χ1n) is 4.68. The fourth-order valence-electron chi connectivity index (χ4n) is 1.04. The maximum atomic E-state index is 8.44. The second-order valence-corrected chi connectivity index (χ2v) is 3.80. The Hall–Kier alpha value is -1.15. The van der Waals surface area contributed by atoms with E-state index in [-0.39, 0.29) is 0 Å². The third-order valence-electron chi connectivity index (χ3n) is 1.82. The number of nitrogens with zero attached hydrogens (tertiary/aromatic N) is 4. The normalized spacial score (nSPS) is 9.79. The molecule has 0 saturated heterocycles. The second kappa shape index (κ2) is 5.55. The lowest BCUT2D eigenvalue weighted by Crippen LogP contribution is -2.17. The summed E-state index contributed by atoms with van der Waals surface area (Å²) in [5.74, 6) is 0.913. The van der Waals surface area contributed by atoms with Crippen LogP contribution in [0.2, 0.25) is 0 Å². The number of aryl methyl sites for hydroxylation is 1. The summed E-state index contributed by atoms with van der Waals surface area (Å²) in [6.45, 7) is 2.83. The number of hydrogen-bond donors (Lipinski definition) is 0. The van der Waals surface area contributed by atoms with Crippen LogP contribution in [0.4, 0.5) is 5.13 Å². The van der Waals surface area contributed by atoms with Gasteiger partial charge in [-0.05, 0) is 6.42 Å². The van der Waals surface area contributed by atoms with Gasteiger partial charge in [-0.2, -0.15) is 9.64 Å². The number of anilines is 1. The standard InChI is InChI=1S/C9H14N4S/c1-3-5-8-11-9(14-12-8)13(2)7-4-6-10/h3-5,7H2,1-2H3. The molecule has 76 valence electrons. The van der Waals surface area contributed by atoms with Crippen molar-refractivity contribution in [3.63, 3.8) is 0 Å². The van der Waals surface area contributed by atoms with Crippen molar-refractivity contribution in [1.82, 2.24) is 9.36 Å². The van der Waals surface area contributed by atoms with E-state index in [1.165, 1.54) is 11.5 Å². The molecule has 0 aliphatic rings. The minimum absolute atomic E-state index is 0.527. The summed E-state index contributed by atoms with van der Waals surface area (Å²) in [6.07, 6.45) is 2.53. The smallest absolute Gasteiger partial charge is 0.204 e. The van der Waals surface area contributed by atoms with Crippen molar-refractivity contribution in [3.8, 4) is 6.07 Å². The average molecular weight is 210 g/mol. The topological polar surface area (TPSA) is 52.8 Å². The van der Waals surface area contributed by atoms with Crippen LogP contribution in [0, 0.1) is 11.3 Å². The van der Waals surface area contributed by atoms with Crippen LogP contribution >= 0.6 is 11.5 Å². The molecule has 0 spiro atoms. The highest BCUT2D eigenvalue weighted by Gasteiger charge is 2.07. The summed E-state index contributed by atoms with van der Waals surface area (Å²) in [4.78, 5) is 6.35. The summed E-state index contributed by atoms with van der Waals surface area (Å²) in [6, 6.07) is 2.12. The van der Waals surface area contributed by atoms with Gasteiger partial charge in [0.1, 0.15) is 5.82 Å². The van der Waals surface area contributed by atoms with Gasteiger partial charge < -0.3 is 4.90 Å². The zero-order chi connectivity index (χ0) is 10.4. The molecule has 0 N–H and O–H groups in total. The lowest BCUT2D eigenvalue weighted by Gasteiger charge is -2.11. The van der Waals surface area contributed by atoms with Crippen LogP contribution in [0.15, 0.2) is 0 Å². The Morgan fingerprint density at radius 2 is 2.36 bits per heavy atom. The Labute approximate surface area is 88.4 Å². The van der Waals surface area contributed by atoms with Gasteiger partial charge in [0.05, 0.1) is 12.5 Å². The van der Waals surface area contributed by atoms with Crippen LogP contribution < -0.4 is 4.90 Å². The van der Waals surface area contributed by atoms with Gasteiger partial charge in [-0.25, -0.2) is 4.98 Å². The summed E-state index contributed by atoms with van der Waals surface area (Å²) in [7, 11) is 1.94. The van der Waals surface area contributed by atoms with E-state index < -0.39 is 0 Å². The molecule has 0 fully saturated rings. The molecule has 0 saturated carbocycles. The molecule has 0 unspecified atom stereocenters. The van der Waals surface area contributed by atoms with Crippen LogP contribution in [0.25, 0.3) is 0 Å². The van der Waals surface area contributed by atoms with E-state index in [2.05, 4.69) is 22.4 Å². The molecule has 0 amide bonds. The zero-order valence-corrected chi connectivity index (χ0v) is 9.34. The van der Waals surface area contributed by atoms with Crippen molar-refractivity contribution in [2.45, 2.75) is 26.2 Å². The Bertz CT molecular complexity index is 315. The highest BCUT2D eigenvalue weighted by Crippen LogP contribution is 2.16. The van der Waals surface area contributed by atoms with Crippen molar-refractivity contribution in [2.24, 2.45) is 0 Å². The summed E-state index contributed by atoms with van der Waals surface area (Å²) in [5.41, 5.74) is 0. The number of nitriles is 1. The summed E-state index contributed by atoms with van der Waals surface area (Å²) < 4.78 is 4.24. The molecule has 0 radical (unpaired) electrons. The predicted molar refractivity (Wildman–Crippen MR) is 57.4 cm³/mol. The molecule has 0 aliphatic carbocycles. The van der Waals surface area contributed by atoms with Crippen molar-refractivity contribution in [1.29, 1.82) is 5.26 Å². The number of rotatable bonds is 5. The average Bonchev–Trinajstić information content (AvgIpc) is 2.63. The zero-order valence-electron chi connectivity index (χ0n) is 8.53. The molecule has 14 heavy (non-hydrogen) atoms. The van der Waals surface area contributed by atoms with E-state index in [1.807, 2.05) is 11.9 Å². The molecule has 0 bridgehead atoms. The van der Waals surface area contributed by atoms with E-state index in [0.717, 1.165) is 30.3 Å². The fourth-order valence-corrected chi connectivity index (χ4v) is 1.73. The van der Waals surface area contributed by atoms with Gasteiger partial charge in [0, 0.05) is 31.5 Å². The third-order valence-corrected chi connectivity index (χ3v) is 2.68. The van der Waals surface area contributed by atoms with Crippen LogP contribution in [0.1, 0.15) is 25.6 Å². The Kier molecular flexibility index (Phi) is 4.33. The van der Waals surface area contributed by atoms with Crippen LogP contribution in [0.3, 0.4) is 0 Å². The summed E-state index contributed by atoms with van der Waals surface area (Å²) >= 11 is 1.40. The lowest BCUT2D eigenvalue weighted by atomic mass is 10.3. The van der Waals surface area contributed by atoms with Gasteiger partial charge in [-0.3, -0.25) is 0 Å². The van der Waals surface area contributed by atoms with Gasteiger partial charge in [-0.15, -0.1) is 0 Å². The number of hydrogen-bond acceptors (Lipinski definition) is 5. The molecule has 1 aromatic rings. The van der Waals surface area contributed by atoms with Crippen LogP contribution in [0.5, 0.6) is 0 Å². The molecule has 1 rings (SSSR count). The minimum Gasteiger partial charge on any atom is -0.349 e. The maximum absolute atomic E-state index is 8.44. The molecular weight excluding hydrogens is 196 g/mol. The number of aromatic nitrogens is 2. The molecule has 1 heterocycles. The highest BCUT2D eigenvalue weighted by atomic mass is 32.1. The van der Waals surface area contributed by atoms with E-state index in [1.54, 1.807) is 0 Å². The van der Waals surface area contributed by atoms with Crippen molar-refractivity contribution < 1.29 is 0 Å². The molecule has 5 heteroatoms. The first-order valence-corrected chi connectivity index (χ1v) is 5.46. The Morgan fingerprint density at radius 1 is 1.57 bits per heavy atom. The first kappa shape index (κ1) is 10.9. The van der Waals surface area contributed by atoms with Crippen molar-refractivity contribution in [3.05, 3.63) is 5.82 Å². The quantitative estimate of drug-likeness (QED) is 0.744. The van der Waals surface area contributed by atoms with Gasteiger partial charge in [-0.1, -0.05) is 6.92 Å². The largest absolute Gasteiger partial charge is 0.349 e. The SMILES string of the molecule is CCCc1nsc(N(C)CCC#N)n1. The van der Waals surface area contributed by atoms with E-state index in [9.17, 15) is 0 Å². The Balaban J connectivity index is 2.53. The first-order chi connectivity index (χ1) is 6.77. The lowest BCUT2D eigenvalue weighted by molar-refractivity contribution is 0.845. The van der Waals surface area contributed by atoms with Gasteiger partial charge in [0.2, 0.25) is 5.13 Å². The molecule has 4 nitrogen and oxygen atoms in total. The van der Waals surface area contributed by atoms with Crippen molar-refractivity contribution >= 4 is 16.7 Å². The second-order valence-electron chi connectivity index (χ2n) is 3.07. The minimum atomic E-state index is 0.527. The fraction of sp³-hybridized carbons (Fsp3) is 0.667. The Morgan fingerprint density at radius 3 is 3.00 bits per heavy atom. The summed E-state index contributed by atoms with van der Waals surface area (Å²) in [5, 5.41) is 9.35. The van der Waals surface area contributed by atoms with Gasteiger partial charge in [0.25, 0.3) is 0 Å². The molecular formula is C9H14N4S.